The van der Waals surface area contributed by atoms with Crippen LogP contribution >= 0.6 is 0 Å². The summed E-state index contributed by atoms with van der Waals surface area (Å²) in [5, 5.41) is 20.2. The highest BCUT2D eigenvalue weighted by Gasteiger charge is 2.14. The highest BCUT2D eigenvalue weighted by atomic mass is 15.5. The van der Waals surface area contributed by atoms with E-state index in [4.69, 9.17) is 0 Å². The fourth-order valence-electron chi connectivity index (χ4n) is 3.27. The zero-order valence-corrected chi connectivity index (χ0v) is 16.1. The minimum absolute atomic E-state index is 0.512. The first-order valence-electron chi connectivity index (χ1n) is 9.47. The number of aryl methyl sites for hydroxylation is 1. The first-order chi connectivity index (χ1) is 13.8. The molecular formula is C21H23N7. The lowest BCUT2D eigenvalue weighted by Gasteiger charge is -2.12. The SMILES string of the molecule is CCCc1c(NCc2nnnn2-c2ccccc2)cnn1-c1ccccc1C. The molecule has 0 saturated carbocycles. The van der Waals surface area contributed by atoms with Crippen LogP contribution in [0.5, 0.6) is 0 Å². The molecule has 7 nitrogen and oxygen atoms in total. The first kappa shape index (κ1) is 17.9. The number of benzene rings is 2. The van der Waals surface area contributed by atoms with Crippen LogP contribution in [-0.4, -0.2) is 30.0 Å². The molecule has 2 aromatic heterocycles. The van der Waals surface area contributed by atoms with Crippen molar-refractivity contribution in [1.82, 2.24) is 30.0 Å². The third-order valence-corrected chi connectivity index (χ3v) is 4.67. The van der Waals surface area contributed by atoms with Crippen LogP contribution in [0.1, 0.15) is 30.4 Å². The molecule has 28 heavy (non-hydrogen) atoms. The summed E-state index contributed by atoms with van der Waals surface area (Å²) in [5.41, 5.74) is 5.41. The zero-order valence-electron chi connectivity index (χ0n) is 16.1. The summed E-state index contributed by atoms with van der Waals surface area (Å²) < 4.78 is 3.78. The van der Waals surface area contributed by atoms with E-state index in [1.54, 1.807) is 4.68 Å². The summed E-state index contributed by atoms with van der Waals surface area (Å²) in [4.78, 5) is 0. The van der Waals surface area contributed by atoms with Crippen LogP contribution in [-0.2, 0) is 13.0 Å². The molecule has 142 valence electrons. The molecule has 1 N–H and O–H groups in total. The third kappa shape index (κ3) is 3.51. The van der Waals surface area contributed by atoms with Gasteiger partial charge in [-0.3, -0.25) is 0 Å². The van der Waals surface area contributed by atoms with Crippen molar-refractivity contribution in [2.24, 2.45) is 0 Å². The van der Waals surface area contributed by atoms with Gasteiger partial charge in [0.05, 0.1) is 35.5 Å². The van der Waals surface area contributed by atoms with Gasteiger partial charge < -0.3 is 5.32 Å². The molecule has 0 amide bonds. The van der Waals surface area contributed by atoms with Gasteiger partial charge in [-0.2, -0.15) is 9.78 Å². The Bertz CT molecular complexity index is 1050. The number of tetrazole rings is 1. The van der Waals surface area contributed by atoms with Gasteiger partial charge in [-0.25, -0.2) is 4.68 Å². The van der Waals surface area contributed by atoms with E-state index < -0.39 is 0 Å². The van der Waals surface area contributed by atoms with E-state index in [2.05, 4.69) is 51.9 Å². The predicted octanol–water partition coefficient (Wildman–Crippen LogP) is 3.72. The monoisotopic (exact) mass is 373 g/mol. The molecule has 0 saturated heterocycles. The quantitative estimate of drug-likeness (QED) is 0.534. The van der Waals surface area contributed by atoms with Crippen molar-refractivity contribution in [2.75, 3.05) is 5.32 Å². The molecule has 4 aromatic rings. The standard InChI is InChI=1S/C21H23N7/c1-3-9-20-18(14-23-28(20)19-13-8-7-10-16(19)2)22-15-21-24-25-26-27(21)17-11-5-4-6-12-17/h4-8,10-14,22H,3,9,15H2,1-2H3. The molecule has 0 atom stereocenters. The lowest BCUT2D eigenvalue weighted by atomic mass is 10.1. The fourth-order valence-corrected chi connectivity index (χ4v) is 3.27. The number of nitrogens with one attached hydrogen (secondary N) is 1. The van der Waals surface area contributed by atoms with Crippen LogP contribution in [0, 0.1) is 6.92 Å². The lowest BCUT2D eigenvalue weighted by molar-refractivity contribution is 0.763. The van der Waals surface area contributed by atoms with Crippen LogP contribution in [0.3, 0.4) is 0 Å². The van der Waals surface area contributed by atoms with E-state index in [-0.39, 0.29) is 0 Å². The summed E-state index contributed by atoms with van der Waals surface area (Å²) >= 11 is 0. The van der Waals surface area contributed by atoms with Gasteiger partial charge in [-0.05, 0) is 47.5 Å². The van der Waals surface area contributed by atoms with E-state index in [9.17, 15) is 0 Å². The summed E-state index contributed by atoms with van der Waals surface area (Å²) in [6.45, 7) is 4.79. The Labute approximate surface area is 164 Å². The van der Waals surface area contributed by atoms with Gasteiger partial charge in [0.2, 0.25) is 0 Å². The second-order valence-electron chi connectivity index (χ2n) is 6.65. The Morgan fingerprint density at radius 3 is 2.54 bits per heavy atom. The highest BCUT2D eigenvalue weighted by molar-refractivity contribution is 5.52. The van der Waals surface area contributed by atoms with Crippen LogP contribution < -0.4 is 5.32 Å². The number of anilines is 1. The maximum Gasteiger partial charge on any atom is 0.175 e. The number of hydrogen-bond donors (Lipinski definition) is 1. The number of para-hydroxylation sites is 2. The van der Waals surface area contributed by atoms with Crippen molar-refractivity contribution in [2.45, 2.75) is 33.2 Å². The van der Waals surface area contributed by atoms with Crippen molar-refractivity contribution < 1.29 is 0 Å². The lowest BCUT2D eigenvalue weighted by Crippen LogP contribution is -2.10. The normalized spacial score (nSPS) is 10.9. The molecule has 0 aliphatic heterocycles. The Morgan fingerprint density at radius 1 is 0.964 bits per heavy atom. The second-order valence-corrected chi connectivity index (χ2v) is 6.65. The number of aromatic nitrogens is 6. The molecule has 0 spiro atoms. The number of nitrogens with zero attached hydrogens (tertiary/aromatic N) is 6. The molecule has 0 unspecified atom stereocenters. The molecule has 0 fully saturated rings. The maximum absolute atomic E-state index is 4.64. The van der Waals surface area contributed by atoms with Gasteiger partial charge in [-0.15, -0.1) is 5.10 Å². The predicted molar refractivity (Wildman–Crippen MR) is 109 cm³/mol. The number of rotatable bonds is 7. The van der Waals surface area contributed by atoms with Crippen molar-refractivity contribution in [3.63, 3.8) is 0 Å². The molecule has 7 heteroatoms. The molecular weight excluding hydrogens is 350 g/mol. The second kappa shape index (κ2) is 8.04. The largest absolute Gasteiger partial charge is 0.375 e. The molecule has 2 heterocycles. The fraction of sp³-hybridized carbons (Fsp3) is 0.238. The third-order valence-electron chi connectivity index (χ3n) is 4.67. The van der Waals surface area contributed by atoms with Crippen LogP contribution in [0.2, 0.25) is 0 Å². The van der Waals surface area contributed by atoms with Gasteiger partial charge in [0.1, 0.15) is 0 Å². The van der Waals surface area contributed by atoms with Crippen LogP contribution in [0.4, 0.5) is 5.69 Å². The van der Waals surface area contributed by atoms with Gasteiger partial charge in [0, 0.05) is 0 Å². The Balaban J connectivity index is 1.60. The average molecular weight is 373 g/mol. The average Bonchev–Trinajstić information content (AvgIpc) is 3.35. The topological polar surface area (TPSA) is 73.5 Å². The van der Waals surface area contributed by atoms with Gasteiger partial charge in [0.25, 0.3) is 0 Å². The van der Waals surface area contributed by atoms with Crippen molar-refractivity contribution in [3.05, 3.63) is 77.9 Å². The van der Waals surface area contributed by atoms with Gasteiger partial charge >= 0.3 is 0 Å². The molecule has 0 bridgehead atoms. The van der Waals surface area contributed by atoms with Gasteiger partial charge in [0.15, 0.2) is 5.82 Å². The number of hydrogen-bond acceptors (Lipinski definition) is 5. The molecule has 4 rings (SSSR count). The summed E-state index contributed by atoms with van der Waals surface area (Å²) in [6.07, 6.45) is 3.85. The highest BCUT2D eigenvalue weighted by Crippen LogP contribution is 2.23. The zero-order chi connectivity index (χ0) is 19.3. The smallest absolute Gasteiger partial charge is 0.175 e. The maximum atomic E-state index is 4.64. The summed E-state index contributed by atoms with van der Waals surface area (Å²) in [5.74, 6) is 0.747. The van der Waals surface area contributed by atoms with E-state index >= 15 is 0 Å². The van der Waals surface area contributed by atoms with Crippen LogP contribution in [0.15, 0.2) is 60.8 Å². The first-order valence-corrected chi connectivity index (χ1v) is 9.47. The van der Waals surface area contributed by atoms with Crippen molar-refractivity contribution in [3.8, 4) is 11.4 Å². The van der Waals surface area contributed by atoms with E-state index in [0.29, 0.717) is 6.54 Å². The minimum Gasteiger partial charge on any atom is -0.375 e. The molecule has 0 aliphatic rings. The molecule has 0 aliphatic carbocycles. The van der Waals surface area contributed by atoms with Gasteiger partial charge in [-0.1, -0.05) is 49.7 Å². The Kier molecular flexibility index (Phi) is 5.14. The molecule has 2 aromatic carbocycles. The van der Waals surface area contributed by atoms with E-state index in [0.717, 1.165) is 41.4 Å². The van der Waals surface area contributed by atoms with Crippen molar-refractivity contribution in [1.29, 1.82) is 0 Å². The van der Waals surface area contributed by atoms with Crippen molar-refractivity contribution >= 4 is 5.69 Å². The van der Waals surface area contributed by atoms with E-state index in [1.165, 1.54) is 5.56 Å². The Morgan fingerprint density at radius 2 is 1.75 bits per heavy atom. The van der Waals surface area contributed by atoms with Crippen LogP contribution in [0.25, 0.3) is 11.4 Å². The summed E-state index contributed by atoms with van der Waals surface area (Å²) in [7, 11) is 0. The van der Waals surface area contributed by atoms with E-state index in [1.807, 2.05) is 53.3 Å². The summed E-state index contributed by atoms with van der Waals surface area (Å²) in [6, 6.07) is 18.2. The Hall–Kier alpha value is -3.48. The minimum atomic E-state index is 0.512. The molecule has 0 radical (unpaired) electrons.